The summed E-state index contributed by atoms with van der Waals surface area (Å²) in [6, 6.07) is 5.54. The predicted octanol–water partition coefficient (Wildman–Crippen LogP) is 2.02. The quantitative estimate of drug-likeness (QED) is 0.860. The highest BCUT2D eigenvalue weighted by atomic mass is 35.5. The topological polar surface area (TPSA) is 59.0 Å². The van der Waals surface area contributed by atoms with E-state index in [1.807, 2.05) is 0 Å². The SMILES string of the molecule is N#CC1(C(N)c2cc(Cl)ccc2F)COC1. The molecule has 0 saturated carbocycles. The minimum atomic E-state index is -0.828. The maximum absolute atomic E-state index is 13.6. The van der Waals surface area contributed by atoms with Crippen LogP contribution in [0.15, 0.2) is 18.2 Å². The molecule has 1 unspecified atom stereocenters. The monoisotopic (exact) mass is 240 g/mol. The molecule has 1 aliphatic rings. The molecule has 1 atom stereocenters. The Balaban J connectivity index is 2.37. The van der Waals surface area contributed by atoms with Gasteiger partial charge < -0.3 is 10.5 Å². The first-order chi connectivity index (χ1) is 7.59. The van der Waals surface area contributed by atoms with Crippen LogP contribution in [0.2, 0.25) is 5.02 Å². The maximum atomic E-state index is 13.6. The zero-order chi connectivity index (χ0) is 11.8. The van der Waals surface area contributed by atoms with Crippen LogP contribution in [-0.2, 0) is 4.74 Å². The summed E-state index contributed by atoms with van der Waals surface area (Å²) in [7, 11) is 0. The van der Waals surface area contributed by atoms with Gasteiger partial charge in [-0.3, -0.25) is 0 Å². The number of nitrogens with zero attached hydrogens (tertiary/aromatic N) is 1. The van der Waals surface area contributed by atoms with Gasteiger partial charge in [-0.15, -0.1) is 0 Å². The second-order valence-electron chi connectivity index (χ2n) is 3.90. The van der Waals surface area contributed by atoms with Gasteiger partial charge in [0, 0.05) is 10.6 Å². The predicted molar refractivity (Wildman–Crippen MR) is 57.2 cm³/mol. The van der Waals surface area contributed by atoms with Crippen molar-refractivity contribution in [3.63, 3.8) is 0 Å². The lowest BCUT2D eigenvalue weighted by Crippen LogP contribution is -2.49. The Kier molecular flexibility index (Phi) is 2.85. The number of benzene rings is 1. The Hall–Kier alpha value is -1.15. The Morgan fingerprint density at radius 1 is 1.56 bits per heavy atom. The smallest absolute Gasteiger partial charge is 0.128 e. The van der Waals surface area contributed by atoms with Gasteiger partial charge in [-0.25, -0.2) is 4.39 Å². The van der Waals surface area contributed by atoms with Gasteiger partial charge in [0.2, 0.25) is 0 Å². The molecule has 16 heavy (non-hydrogen) atoms. The first-order valence-electron chi connectivity index (χ1n) is 4.78. The van der Waals surface area contributed by atoms with E-state index in [-0.39, 0.29) is 18.8 Å². The summed E-state index contributed by atoms with van der Waals surface area (Å²) in [6.45, 7) is 0.466. The molecule has 1 fully saturated rings. The van der Waals surface area contributed by atoms with Crippen molar-refractivity contribution in [1.82, 2.24) is 0 Å². The van der Waals surface area contributed by atoms with Crippen LogP contribution in [0.3, 0.4) is 0 Å². The molecule has 0 radical (unpaired) electrons. The van der Waals surface area contributed by atoms with E-state index in [9.17, 15) is 4.39 Å². The maximum Gasteiger partial charge on any atom is 0.128 e. The molecule has 5 heteroatoms. The minimum absolute atomic E-state index is 0.233. The molecule has 84 valence electrons. The summed E-state index contributed by atoms with van der Waals surface area (Å²) in [4.78, 5) is 0. The summed E-state index contributed by atoms with van der Waals surface area (Å²) in [5.74, 6) is -0.446. The van der Waals surface area contributed by atoms with Gasteiger partial charge >= 0.3 is 0 Å². The average Bonchev–Trinajstić information content (AvgIpc) is 2.21. The van der Waals surface area contributed by atoms with Gasteiger partial charge in [0.15, 0.2) is 0 Å². The first kappa shape index (κ1) is 11.3. The van der Waals surface area contributed by atoms with Crippen LogP contribution >= 0.6 is 11.6 Å². The molecule has 1 saturated heterocycles. The van der Waals surface area contributed by atoms with Crippen LogP contribution in [-0.4, -0.2) is 13.2 Å². The molecule has 1 aromatic carbocycles. The van der Waals surface area contributed by atoms with E-state index in [1.54, 1.807) is 0 Å². The second kappa shape index (κ2) is 4.02. The molecule has 1 aliphatic heterocycles. The van der Waals surface area contributed by atoms with Crippen molar-refractivity contribution in [3.8, 4) is 6.07 Å². The van der Waals surface area contributed by atoms with Crippen LogP contribution < -0.4 is 5.73 Å². The zero-order valence-corrected chi connectivity index (χ0v) is 9.17. The van der Waals surface area contributed by atoms with Crippen LogP contribution in [0.25, 0.3) is 0 Å². The fourth-order valence-corrected chi connectivity index (χ4v) is 1.87. The van der Waals surface area contributed by atoms with E-state index in [1.165, 1.54) is 18.2 Å². The Morgan fingerprint density at radius 2 is 2.25 bits per heavy atom. The average molecular weight is 241 g/mol. The molecule has 1 heterocycles. The summed E-state index contributed by atoms with van der Waals surface area (Å²) in [5.41, 5.74) is 5.35. The lowest BCUT2D eigenvalue weighted by atomic mass is 9.77. The largest absolute Gasteiger partial charge is 0.378 e. The zero-order valence-electron chi connectivity index (χ0n) is 8.41. The van der Waals surface area contributed by atoms with Crippen molar-refractivity contribution in [2.45, 2.75) is 6.04 Å². The van der Waals surface area contributed by atoms with Crippen molar-refractivity contribution in [2.75, 3.05) is 13.2 Å². The van der Waals surface area contributed by atoms with E-state index in [0.717, 1.165) is 0 Å². The highest BCUT2D eigenvalue weighted by Gasteiger charge is 2.46. The Labute approximate surface area is 97.6 Å². The molecule has 0 aliphatic carbocycles. The van der Waals surface area contributed by atoms with Crippen molar-refractivity contribution in [3.05, 3.63) is 34.6 Å². The third-order valence-corrected chi connectivity index (χ3v) is 3.07. The molecule has 2 N–H and O–H groups in total. The molecule has 2 rings (SSSR count). The molecule has 1 aromatic rings. The fraction of sp³-hybridized carbons (Fsp3) is 0.364. The highest BCUT2D eigenvalue weighted by Crippen LogP contribution is 2.39. The standard InChI is InChI=1S/C11H10ClFN2O/c12-7-1-2-9(13)8(3-7)10(15)11(4-14)5-16-6-11/h1-3,10H,5-6,15H2. The van der Waals surface area contributed by atoms with Crippen molar-refractivity contribution >= 4 is 11.6 Å². The normalized spacial score (nSPS) is 19.6. The number of halogens is 2. The van der Waals surface area contributed by atoms with Crippen molar-refractivity contribution < 1.29 is 9.13 Å². The van der Waals surface area contributed by atoms with E-state index in [2.05, 4.69) is 6.07 Å². The number of rotatable bonds is 2. The molecular weight excluding hydrogens is 231 g/mol. The number of ether oxygens (including phenoxy) is 1. The molecular formula is C11H10ClFN2O. The van der Waals surface area contributed by atoms with Gasteiger partial charge in [0.25, 0.3) is 0 Å². The third-order valence-electron chi connectivity index (χ3n) is 2.83. The molecule has 0 aromatic heterocycles. The number of nitrogens with two attached hydrogens (primary N) is 1. The van der Waals surface area contributed by atoms with Gasteiger partial charge in [0.1, 0.15) is 11.2 Å². The summed E-state index contributed by atoms with van der Waals surface area (Å²) >= 11 is 5.78. The van der Waals surface area contributed by atoms with E-state index < -0.39 is 17.3 Å². The molecule has 3 nitrogen and oxygen atoms in total. The van der Waals surface area contributed by atoms with E-state index >= 15 is 0 Å². The Bertz CT molecular complexity index is 454. The number of hydrogen-bond donors (Lipinski definition) is 1. The third kappa shape index (κ3) is 1.67. The van der Waals surface area contributed by atoms with Crippen LogP contribution in [0.1, 0.15) is 11.6 Å². The number of nitriles is 1. The number of hydrogen-bond acceptors (Lipinski definition) is 3. The van der Waals surface area contributed by atoms with Crippen molar-refractivity contribution in [2.24, 2.45) is 11.1 Å². The van der Waals surface area contributed by atoms with Gasteiger partial charge in [-0.2, -0.15) is 5.26 Å². The van der Waals surface area contributed by atoms with Crippen LogP contribution in [0.4, 0.5) is 4.39 Å². The Morgan fingerprint density at radius 3 is 2.75 bits per heavy atom. The minimum Gasteiger partial charge on any atom is -0.378 e. The van der Waals surface area contributed by atoms with Crippen LogP contribution in [0, 0.1) is 22.6 Å². The van der Waals surface area contributed by atoms with E-state index in [0.29, 0.717) is 5.02 Å². The van der Waals surface area contributed by atoms with E-state index in [4.69, 9.17) is 27.3 Å². The second-order valence-corrected chi connectivity index (χ2v) is 4.34. The molecule has 0 spiro atoms. The summed E-state index contributed by atoms with van der Waals surface area (Å²) in [5, 5.41) is 9.47. The lowest BCUT2D eigenvalue weighted by Gasteiger charge is -2.39. The highest BCUT2D eigenvalue weighted by molar-refractivity contribution is 6.30. The lowest BCUT2D eigenvalue weighted by molar-refractivity contribution is -0.0914. The summed E-state index contributed by atoms with van der Waals surface area (Å²) in [6.07, 6.45) is 0. The molecule has 0 amide bonds. The van der Waals surface area contributed by atoms with Gasteiger partial charge in [0.05, 0.1) is 25.3 Å². The fourth-order valence-electron chi connectivity index (χ4n) is 1.69. The van der Waals surface area contributed by atoms with Crippen molar-refractivity contribution in [1.29, 1.82) is 5.26 Å². The first-order valence-corrected chi connectivity index (χ1v) is 5.16. The van der Waals surface area contributed by atoms with Gasteiger partial charge in [-0.1, -0.05) is 11.6 Å². The van der Waals surface area contributed by atoms with Crippen LogP contribution in [0.5, 0.6) is 0 Å². The summed E-state index contributed by atoms with van der Waals surface area (Å²) < 4.78 is 18.5. The molecule has 0 bridgehead atoms. The van der Waals surface area contributed by atoms with Gasteiger partial charge in [-0.05, 0) is 18.2 Å².